The standard InChI is InChI=1S/C18H17N3O2/c1-11(12-7-9-13(23-2)10-8-12)16-17-19-14-5-3-4-6-15(14)21(17)18(22)20-16/h3-11,16H,1-2H3,(H,20,22). The number of imidazole rings is 1. The molecule has 0 aliphatic carbocycles. The topological polar surface area (TPSA) is 56.1 Å². The van der Waals surface area contributed by atoms with Gasteiger partial charge in [0.25, 0.3) is 0 Å². The van der Waals surface area contributed by atoms with Crippen molar-refractivity contribution in [2.75, 3.05) is 7.11 Å². The third-order valence-corrected chi connectivity index (χ3v) is 4.49. The highest BCUT2D eigenvalue weighted by atomic mass is 16.5. The van der Waals surface area contributed by atoms with Gasteiger partial charge in [0.1, 0.15) is 11.6 Å². The zero-order valence-electron chi connectivity index (χ0n) is 13.0. The van der Waals surface area contributed by atoms with E-state index in [-0.39, 0.29) is 18.0 Å². The van der Waals surface area contributed by atoms with Crippen LogP contribution in [0.5, 0.6) is 5.75 Å². The number of nitrogens with zero attached hydrogens (tertiary/aromatic N) is 2. The van der Waals surface area contributed by atoms with Gasteiger partial charge in [0.2, 0.25) is 0 Å². The lowest BCUT2D eigenvalue weighted by molar-refractivity contribution is 0.245. The number of ether oxygens (including phenoxy) is 1. The number of hydrogen-bond donors (Lipinski definition) is 1. The average molecular weight is 307 g/mol. The second-order valence-electron chi connectivity index (χ2n) is 5.78. The van der Waals surface area contributed by atoms with Crippen LogP contribution >= 0.6 is 0 Å². The first-order valence-electron chi connectivity index (χ1n) is 7.61. The summed E-state index contributed by atoms with van der Waals surface area (Å²) in [6.45, 7) is 2.10. The molecule has 1 N–H and O–H groups in total. The van der Waals surface area contributed by atoms with Gasteiger partial charge >= 0.3 is 6.03 Å². The maximum Gasteiger partial charge on any atom is 0.328 e. The van der Waals surface area contributed by atoms with E-state index in [1.54, 1.807) is 11.7 Å². The molecule has 1 aliphatic heterocycles. The largest absolute Gasteiger partial charge is 0.497 e. The Kier molecular flexibility index (Phi) is 3.08. The van der Waals surface area contributed by atoms with Gasteiger partial charge in [0.05, 0.1) is 24.2 Å². The molecule has 2 aromatic carbocycles. The van der Waals surface area contributed by atoms with E-state index >= 15 is 0 Å². The summed E-state index contributed by atoms with van der Waals surface area (Å²) in [7, 11) is 1.65. The Hall–Kier alpha value is -2.82. The molecule has 4 rings (SSSR count). The van der Waals surface area contributed by atoms with Crippen molar-refractivity contribution in [1.82, 2.24) is 14.9 Å². The normalized spacial score (nSPS) is 17.8. The molecule has 0 radical (unpaired) electrons. The van der Waals surface area contributed by atoms with E-state index in [9.17, 15) is 4.79 Å². The quantitative estimate of drug-likeness (QED) is 0.806. The molecular weight excluding hydrogens is 290 g/mol. The van der Waals surface area contributed by atoms with Gasteiger partial charge in [-0.15, -0.1) is 0 Å². The Bertz CT molecular complexity index is 883. The summed E-state index contributed by atoms with van der Waals surface area (Å²) in [6, 6.07) is 15.4. The van der Waals surface area contributed by atoms with Crippen molar-refractivity contribution in [1.29, 1.82) is 0 Å². The number of methoxy groups -OCH3 is 1. The fourth-order valence-electron chi connectivity index (χ4n) is 3.18. The second-order valence-corrected chi connectivity index (χ2v) is 5.78. The van der Waals surface area contributed by atoms with Gasteiger partial charge in [-0.1, -0.05) is 31.2 Å². The van der Waals surface area contributed by atoms with Gasteiger partial charge in [-0.05, 0) is 29.8 Å². The molecule has 0 fully saturated rings. The molecule has 23 heavy (non-hydrogen) atoms. The van der Waals surface area contributed by atoms with Crippen LogP contribution < -0.4 is 10.1 Å². The number of amides is 1. The van der Waals surface area contributed by atoms with Gasteiger partial charge in [-0.2, -0.15) is 0 Å². The summed E-state index contributed by atoms with van der Waals surface area (Å²) < 4.78 is 6.88. The number of carbonyl (C=O) groups excluding carboxylic acids is 1. The van der Waals surface area contributed by atoms with Crippen molar-refractivity contribution in [3.63, 3.8) is 0 Å². The summed E-state index contributed by atoms with van der Waals surface area (Å²) in [5.74, 6) is 1.71. The molecule has 5 nitrogen and oxygen atoms in total. The summed E-state index contributed by atoms with van der Waals surface area (Å²) in [5, 5.41) is 3.05. The molecule has 2 heterocycles. The van der Waals surface area contributed by atoms with Gasteiger partial charge < -0.3 is 10.1 Å². The lowest BCUT2D eigenvalue weighted by Gasteiger charge is -2.18. The third-order valence-electron chi connectivity index (χ3n) is 4.49. The SMILES string of the molecule is COc1ccc(C(C)C2NC(=O)n3c2nc2ccccc23)cc1. The number of nitrogens with one attached hydrogen (secondary N) is 1. The van der Waals surface area contributed by atoms with E-state index in [4.69, 9.17) is 4.74 Å². The molecule has 0 saturated carbocycles. The van der Waals surface area contributed by atoms with Crippen molar-refractivity contribution in [3.8, 4) is 5.75 Å². The van der Waals surface area contributed by atoms with Crippen molar-refractivity contribution in [2.45, 2.75) is 18.9 Å². The first kappa shape index (κ1) is 13.8. The first-order valence-corrected chi connectivity index (χ1v) is 7.61. The highest BCUT2D eigenvalue weighted by Gasteiger charge is 2.35. The molecule has 2 unspecified atom stereocenters. The number of carbonyl (C=O) groups is 1. The van der Waals surface area contributed by atoms with E-state index in [1.807, 2.05) is 48.5 Å². The first-order chi connectivity index (χ1) is 11.2. The van der Waals surface area contributed by atoms with Crippen molar-refractivity contribution in [2.24, 2.45) is 0 Å². The van der Waals surface area contributed by atoms with Crippen LogP contribution in [0.25, 0.3) is 11.0 Å². The number of rotatable bonds is 3. The third kappa shape index (κ3) is 2.08. The molecule has 0 spiro atoms. The van der Waals surface area contributed by atoms with Crippen LogP contribution in [0.2, 0.25) is 0 Å². The minimum atomic E-state index is -0.136. The summed E-state index contributed by atoms with van der Waals surface area (Å²) in [5.41, 5.74) is 2.84. The van der Waals surface area contributed by atoms with Crippen molar-refractivity contribution >= 4 is 17.1 Å². The monoisotopic (exact) mass is 307 g/mol. The number of fused-ring (bicyclic) bond motifs is 3. The highest BCUT2D eigenvalue weighted by Crippen LogP contribution is 2.35. The van der Waals surface area contributed by atoms with Gasteiger partial charge in [0, 0.05) is 5.92 Å². The van der Waals surface area contributed by atoms with Crippen LogP contribution in [0.3, 0.4) is 0 Å². The molecule has 1 amide bonds. The Balaban J connectivity index is 1.75. The molecule has 0 saturated heterocycles. The van der Waals surface area contributed by atoms with Gasteiger partial charge in [-0.25, -0.2) is 14.3 Å². The highest BCUT2D eigenvalue weighted by molar-refractivity contribution is 5.92. The summed E-state index contributed by atoms with van der Waals surface area (Å²) in [4.78, 5) is 17.0. The number of para-hydroxylation sites is 2. The Morgan fingerprint density at radius 1 is 1.17 bits per heavy atom. The van der Waals surface area contributed by atoms with E-state index < -0.39 is 0 Å². The van der Waals surface area contributed by atoms with Gasteiger partial charge in [-0.3, -0.25) is 0 Å². The minimum absolute atomic E-state index is 0.112. The predicted octanol–water partition coefficient (Wildman–Crippen LogP) is 3.46. The molecule has 2 atom stereocenters. The van der Waals surface area contributed by atoms with Crippen LogP contribution in [-0.4, -0.2) is 22.7 Å². The lowest BCUT2D eigenvalue weighted by atomic mass is 9.93. The zero-order valence-corrected chi connectivity index (χ0v) is 13.0. The molecule has 116 valence electrons. The van der Waals surface area contributed by atoms with Crippen LogP contribution in [0.1, 0.15) is 30.3 Å². The molecule has 3 aromatic rings. The summed E-state index contributed by atoms with van der Waals surface area (Å²) >= 11 is 0. The number of aromatic nitrogens is 2. The average Bonchev–Trinajstić information content (AvgIpc) is 3.12. The molecular formula is C18H17N3O2. The van der Waals surface area contributed by atoms with Crippen molar-refractivity contribution < 1.29 is 9.53 Å². The number of hydrogen-bond acceptors (Lipinski definition) is 3. The smallest absolute Gasteiger partial charge is 0.328 e. The van der Waals surface area contributed by atoms with Crippen LogP contribution in [0, 0.1) is 0 Å². The minimum Gasteiger partial charge on any atom is -0.497 e. The van der Waals surface area contributed by atoms with E-state index in [0.29, 0.717) is 0 Å². The van der Waals surface area contributed by atoms with Gasteiger partial charge in [0.15, 0.2) is 0 Å². The second kappa shape index (κ2) is 5.12. The molecule has 1 aliphatic rings. The van der Waals surface area contributed by atoms with Crippen LogP contribution in [0.4, 0.5) is 4.79 Å². The maximum absolute atomic E-state index is 12.4. The molecule has 0 bridgehead atoms. The number of benzene rings is 2. The Morgan fingerprint density at radius 3 is 2.65 bits per heavy atom. The van der Waals surface area contributed by atoms with E-state index in [2.05, 4.69) is 17.2 Å². The Morgan fingerprint density at radius 2 is 1.91 bits per heavy atom. The molecule has 5 heteroatoms. The lowest BCUT2D eigenvalue weighted by Crippen LogP contribution is -2.24. The zero-order chi connectivity index (χ0) is 16.0. The predicted molar refractivity (Wildman–Crippen MR) is 87.8 cm³/mol. The van der Waals surface area contributed by atoms with Crippen molar-refractivity contribution in [3.05, 3.63) is 59.9 Å². The van der Waals surface area contributed by atoms with E-state index in [1.165, 1.54) is 0 Å². The Labute approximate surface area is 133 Å². The molecule has 1 aromatic heterocycles. The van der Waals surface area contributed by atoms with E-state index in [0.717, 1.165) is 28.2 Å². The fraction of sp³-hybridized carbons (Fsp3) is 0.222. The fourth-order valence-corrected chi connectivity index (χ4v) is 3.18. The summed E-state index contributed by atoms with van der Waals surface area (Å²) in [6.07, 6.45) is 0. The van der Waals surface area contributed by atoms with Crippen LogP contribution in [-0.2, 0) is 0 Å². The van der Waals surface area contributed by atoms with Crippen LogP contribution in [0.15, 0.2) is 48.5 Å². The maximum atomic E-state index is 12.4.